The summed E-state index contributed by atoms with van der Waals surface area (Å²) in [7, 11) is 1.93. The van der Waals surface area contributed by atoms with Crippen LogP contribution in [0.25, 0.3) is 5.57 Å². The molecule has 0 atom stereocenters. The van der Waals surface area contributed by atoms with E-state index in [0.29, 0.717) is 5.82 Å². The molecule has 3 N–H and O–H groups in total. The lowest BCUT2D eigenvalue weighted by Crippen LogP contribution is -2.33. The van der Waals surface area contributed by atoms with Crippen LogP contribution in [0, 0.1) is 0 Å². The second kappa shape index (κ2) is 6.48. The van der Waals surface area contributed by atoms with Crippen LogP contribution in [0.5, 0.6) is 0 Å². The van der Waals surface area contributed by atoms with Gasteiger partial charge in [-0.1, -0.05) is 39.5 Å². The molecule has 0 saturated carbocycles. The molecule has 1 rings (SSSR count). The summed E-state index contributed by atoms with van der Waals surface area (Å²) < 4.78 is 0. The van der Waals surface area contributed by atoms with Gasteiger partial charge in [0.05, 0.1) is 5.69 Å². The van der Waals surface area contributed by atoms with Crippen LogP contribution in [0.1, 0.15) is 38.4 Å². The Balaban J connectivity index is 3.46. The monoisotopic (exact) mass is 260 g/mol. The maximum absolute atomic E-state index is 6.09. The van der Waals surface area contributed by atoms with Gasteiger partial charge in [0.15, 0.2) is 0 Å². The molecule has 1 aromatic rings. The molecule has 0 aromatic carbocycles. The van der Waals surface area contributed by atoms with E-state index in [1.54, 1.807) is 6.08 Å². The van der Waals surface area contributed by atoms with E-state index in [0.717, 1.165) is 29.8 Å². The van der Waals surface area contributed by atoms with Crippen molar-refractivity contribution >= 4 is 11.4 Å². The van der Waals surface area contributed by atoms with Crippen molar-refractivity contribution in [2.24, 2.45) is 0 Å². The van der Waals surface area contributed by atoms with Gasteiger partial charge in [-0.2, -0.15) is 0 Å². The van der Waals surface area contributed by atoms with E-state index >= 15 is 0 Å². The molecule has 1 aromatic heterocycles. The fourth-order valence-corrected chi connectivity index (χ4v) is 2.35. The van der Waals surface area contributed by atoms with Crippen LogP contribution in [0.4, 0.5) is 5.82 Å². The molecule has 4 nitrogen and oxygen atoms in total. The quantitative estimate of drug-likeness (QED) is 0.771. The van der Waals surface area contributed by atoms with Crippen molar-refractivity contribution in [3.63, 3.8) is 0 Å². The van der Waals surface area contributed by atoms with Gasteiger partial charge in [0, 0.05) is 17.5 Å². The molecule has 0 saturated heterocycles. The van der Waals surface area contributed by atoms with Crippen LogP contribution >= 0.6 is 0 Å². The van der Waals surface area contributed by atoms with Crippen molar-refractivity contribution < 1.29 is 0 Å². The van der Waals surface area contributed by atoms with Crippen molar-refractivity contribution in [3.8, 4) is 0 Å². The molecule has 4 heteroatoms. The van der Waals surface area contributed by atoms with Crippen molar-refractivity contribution in [1.29, 1.82) is 0 Å². The van der Waals surface area contributed by atoms with E-state index in [2.05, 4.69) is 42.6 Å². The molecule has 0 aliphatic rings. The number of hydrogen-bond donors (Lipinski definition) is 2. The Morgan fingerprint density at radius 3 is 2.68 bits per heavy atom. The number of allylic oxidation sites excluding steroid dienone is 3. The Labute approximate surface area is 115 Å². The number of nitrogens with one attached hydrogen (secondary N) is 1. The summed E-state index contributed by atoms with van der Waals surface area (Å²) in [6, 6.07) is 0. The summed E-state index contributed by atoms with van der Waals surface area (Å²) in [6.07, 6.45) is 6.17. The van der Waals surface area contributed by atoms with Gasteiger partial charge >= 0.3 is 0 Å². The average molecular weight is 260 g/mol. The maximum atomic E-state index is 6.09. The number of likely N-dealkylation sites (N-methyl/N-ethyl adjacent to an activating group) is 1. The lowest BCUT2D eigenvalue weighted by Gasteiger charge is -2.28. The topological polar surface area (TPSA) is 63.8 Å². The molecule has 0 unspecified atom stereocenters. The van der Waals surface area contributed by atoms with E-state index in [1.165, 1.54) is 6.33 Å². The first-order valence-corrected chi connectivity index (χ1v) is 6.55. The first-order chi connectivity index (χ1) is 8.97. The van der Waals surface area contributed by atoms with Gasteiger partial charge in [0.1, 0.15) is 12.1 Å². The van der Waals surface area contributed by atoms with Gasteiger partial charge in [-0.3, -0.25) is 0 Å². The van der Waals surface area contributed by atoms with Crippen LogP contribution in [-0.4, -0.2) is 23.6 Å². The first kappa shape index (κ1) is 15.4. The van der Waals surface area contributed by atoms with Crippen LogP contribution < -0.4 is 11.1 Å². The number of nitrogens with two attached hydrogens (primary N) is 1. The number of anilines is 1. The minimum Gasteiger partial charge on any atom is -0.383 e. The predicted octanol–water partition coefficient (Wildman–Crippen LogP) is 2.54. The molecule has 0 radical (unpaired) electrons. The number of nitrogen functional groups attached to an aromatic ring is 1. The third-order valence-electron chi connectivity index (χ3n) is 3.18. The molecule has 0 aliphatic heterocycles. The van der Waals surface area contributed by atoms with E-state index in [1.807, 2.05) is 13.1 Å². The fraction of sp³-hybridized carbons (Fsp3) is 0.467. The molecular weight excluding hydrogens is 236 g/mol. The first-order valence-electron chi connectivity index (χ1n) is 6.55. The van der Waals surface area contributed by atoms with E-state index in [9.17, 15) is 0 Å². The Morgan fingerprint density at radius 2 is 2.16 bits per heavy atom. The number of nitrogens with zero attached hydrogens (tertiary/aromatic N) is 2. The van der Waals surface area contributed by atoms with Gasteiger partial charge in [-0.05, 0) is 19.0 Å². The van der Waals surface area contributed by atoms with Gasteiger partial charge in [0.2, 0.25) is 0 Å². The molecule has 0 fully saturated rings. The molecule has 104 valence electrons. The largest absolute Gasteiger partial charge is 0.383 e. The lowest BCUT2D eigenvalue weighted by atomic mass is 9.81. The molecule has 0 spiro atoms. The van der Waals surface area contributed by atoms with Gasteiger partial charge < -0.3 is 11.1 Å². The second-order valence-electron chi connectivity index (χ2n) is 5.18. The Bertz CT molecular complexity index is 475. The van der Waals surface area contributed by atoms with Crippen LogP contribution in [0.2, 0.25) is 0 Å². The number of hydrogen-bond acceptors (Lipinski definition) is 4. The minimum absolute atomic E-state index is 0.134. The fourth-order valence-electron chi connectivity index (χ4n) is 2.35. The predicted molar refractivity (Wildman–Crippen MR) is 81.9 cm³/mol. The van der Waals surface area contributed by atoms with Gasteiger partial charge in [-0.25, -0.2) is 9.97 Å². The minimum atomic E-state index is -0.134. The molecule has 0 aliphatic carbocycles. The van der Waals surface area contributed by atoms with Crippen molar-refractivity contribution in [3.05, 3.63) is 36.3 Å². The van der Waals surface area contributed by atoms with Crippen molar-refractivity contribution in [1.82, 2.24) is 15.3 Å². The summed E-state index contributed by atoms with van der Waals surface area (Å²) in [6.45, 7) is 11.0. The van der Waals surface area contributed by atoms with Crippen LogP contribution in [-0.2, 0) is 5.41 Å². The zero-order chi connectivity index (χ0) is 14.5. The Morgan fingerprint density at radius 1 is 1.47 bits per heavy atom. The summed E-state index contributed by atoms with van der Waals surface area (Å²) in [5.74, 6) is 0.550. The molecular formula is C15H24N4. The highest BCUT2D eigenvalue weighted by atomic mass is 14.9. The molecule has 0 amide bonds. The highest BCUT2D eigenvalue weighted by Crippen LogP contribution is 2.33. The molecule has 0 bridgehead atoms. The highest BCUT2D eigenvalue weighted by molar-refractivity contribution is 5.70. The Hall–Kier alpha value is -1.68. The molecule has 19 heavy (non-hydrogen) atoms. The van der Waals surface area contributed by atoms with Crippen LogP contribution in [0.15, 0.2) is 25.1 Å². The summed E-state index contributed by atoms with van der Waals surface area (Å²) in [5, 5.41) is 3.20. The van der Waals surface area contributed by atoms with Crippen molar-refractivity contribution in [2.45, 2.75) is 32.6 Å². The maximum Gasteiger partial charge on any atom is 0.131 e. The zero-order valence-electron chi connectivity index (χ0n) is 12.3. The van der Waals surface area contributed by atoms with Crippen LogP contribution in [0.3, 0.4) is 0 Å². The smallest absolute Gasteiger partial charge is 0.131 e. The highest BCUT2D eigenvalue weighted by Gasteiger charge is 2.28. The standard InChI is InChI=1S/C15H24N4/c1-6-8-11(7-2)13-12(14(16)19-10-18-13)15(3,4)9-17-5/h6,8,10,17H,1,7,9H2,2-5H3,(H2,16,18,19)/b11-8+. The van der Waals surface area contributed by atoms with Gasteiger partial charge in [-0.15, -0.1) is 0 Å². The lowest BCUT2D eigenvalue weighted by molar-refractivity contribution is 0.491. The third-order valence-corrected chi connectivity index (χ3v) is 3.18. The van der Waals surface area contributed by atoms with Gasteiger partial charge in [0.25, 0.3) is 0 Å². The Kier molecular flexibility index (Phi) is 5.24. The SMILES string of the molecule is C=C/C=C(\CC)c1ncnc(N)c1C(C)(C)CNC. The summed E-state index contributed by atoms with van der Waals surface area (Å²) in [4.78, 5) is 8.59. The normalized spacial score (nSPS) is 12.5. The summed E-state index contributed by atoms with van der Waals surface area (Å²) in [5.41, 5.74) is 9.01. The second-order valence-corrected chi connectivity index (χ2v) is 5.18. The number of aromatic nitrogens is 2. The zero-order valence-corrected chi connectivity index (χ0v) is 12.3. The number of rotatable bonds is 6. The van der Waals surface area contributed by atoms with E-state index in [-0.39, 0.29) is 5.41 Å². The van der Waals surface area contributed by atoms with Crippen molar-refractivity contribution in [2.75, 3.05) is 19.3 Å². The van der Waals surface area contributed by atoms with E-state index < -0.39 is 0 Å². The van der Waals surface area contributed by atoms with E-state index in [4.69, 9.17) is 5.73 Å². The third kappa shape index (κ3) is 3.41. The molecule has 1 heterocycles. The summed E-state index contributed by atoms with van der Waals surface area (Å²) >= 11 is 0. The average Bonchev–Trinajstić information content (AvgIpc) is 2.35.